The van der Waals surface area contributed by atoms with Gasteiger partial charge in [-0.15, -0.1) is 0 Å². The van der Waals surface area contributed by atoms with Crippen molar-refractivity contribution in [3.05, 3.63) is 54.6 Å². The van der Waals surface area contributed by atoms with Crippen molar-refractivity contribution >= 4 is 28.9 Å². The van der Waals surface area contributed by atoms with E-state index in [0.29, 0.717) is 25.4 Å². The molecule has 0 saturated carbocycles. The van der Waals surface area contributed by atoms with E-state index in [0.717, 1.165) is 17.1 Å². The molecular weight excluding hydrogens is 326 g/mol. The molecule has 1 saturated heterocycles. The number of nitrogens with one attached hydrogen (secondary N) is 2. The number of hydrogen-bond donors (Lipinski definition) is 2. The number of para-hydroxylation sites is 1. The Morgan fingerprint density at radius 2 is 1.65 bits per heavy atom. The number of carbonyl (C=O) groups excluding carboxylic acids is 2. The molecule has 5 heteroatoms. The summed E-state index contributed by atoms with van der Waals surface area (Å²) in [5, 5.41) is 6.23. The quantitative estimate of drug-likeness (QED) is 0.830. The minimum absolute atomic E-state index is 0.0706. The fourth-order valence-electron chi connectivity index (χ4n) is 3.13. The Morgan fingerprint density at radius 1 is 1.04 bits per heavy atom. The standard InChI is InChI=1S/C21H25N3O2/c1-15(2)13-24-14-16(12-20(24)25)21(26)23-19-10-8-18(9-11-19)22-17-6-4-3-5-7-17/h3-11,15-16,22H,12-14H2,1-2H3,(H,23,26)/t16-/m0/s1. The zero-order valence-corrected chi connectivity index (χ0v) is 15.2. The molecule has 1 fully saturated rings. The Bertz CT molecular complexity index is 757. The van der Waals surface area contributed by atoms with Crippen LogP contribution in [-0.2, 0) is 9.59 Å². The largest absolute Gasteiger partial charge is 0.356 e. The zero-order chi connectivity index (χ0) is 18.5. The highest BCUT2D eigenvalue weighted by Crippen LogP contribution is 2.22. The van der Waals surface area contributed by atoms with Gasteiger partial charge in [0.25, 0.3) is 0 Å². The lowest BCUT2D eigenvalue weighted by atomic mass is 10.1. The van der Waals surface area contributed by atoms with Crippen molar-refractivity contribution in [3.63, 3.8) is 0 Å². The number of benzene rings is 2. The van der Waals surface area contributed by atoms with Crippen LogP contribution in [0.25, 0.3) is 0 Å². The van der Waals surface area contributed by atoms with Crippen molar-refractivity contribution in [3.8, 4) is 0 Å². The molecule has 2 amide bonds. The van der Waals surface area contributed by atoms with Crippen molar-refractivity contribution in [1.82, 2.24) is 4.90 Å². The fraction of sp³-hybridized carbons (Fsp3) is 0.333. The average Bonchev–Trinajstić information content (AvgIpc) is 2.98. The highest BCUT2D eigenvalue weighted by Gasteiger charge is 2.34. The van der Waals surface area contributed by atoms with Gasteiger partial charge in [0.15, 0.2) is 0 Å². The summed E-state index contributed by atoms with van der Waals surface area (Å²) in [5.41, 5.74) is 2.70. The monoisotopic (exact) mass is 351 g/mol. The van der Waals surface area contributed by atoms with E-state index in [1.165, 1.54) is 0 Å². The molecule has 0 unspecified atom stereocenters. The van der Waals surface area contributed by atoms with Crippen LogP contribution >= 0.6 is 0 Å². The van der Waals surface area contributed by atoms with Crippen LogP contribution in [0.2, 0.25) is 0 Å². The van der Waals surface area contributed by atoms with E-state index < -0.39 is 0 Å². The summed E-state index contributed by atoms with van der Waals surface area (Å²) in [4.78, 5) is 26.3. The summed E-state index contributed by atoms with van der Waals surface area (Å²) in [7, 11) is 0. The van der Waals surface area contributed by atoms with Gasteiger partial charge >= 0.3 is 0 Å². The number of anilines is 3. The van der Waals surface area contributed by atoms with Crippen molar-refractivity contribution in [1.29, 1.82) is 0 Å². The fourth-order valence-corrected chi connectivity index (χ4v) is 3.13. The molecule has 136 valence electrons. The second-order valence-electron chi connectivity index (χ2n) is 7.15. The minimum Gasteiger partial charge on any atom is -0.356 e. The van der Waals surface area contributed by atoms with Crippen LogP contribution in [0.5, 0.6) is 0 Å². The average molecular weight is 351 g/mol. The Kier molecular flexibility index (Phi) is 5.56. The van der Waals surface area contributed by atoms with Gasteiger partial charge in [-0.25, -0.2) is 0 Å². The van der Waals surface area contributed by atoms with Crippen LogP contribution in [0.3, 0.4) is 0 Å². The topological polar surface area (TPSA) is 61.4 Å². The zero-order valence-electron chi connectivity index (χ0n) is 15.2. The first-order valence-corrected chi connectivity index (χ1v) is 9.02. The number of nitrogens with zero attached hydrogens (tertiary/aromatic N) is 1. The third kappa shape index (κ3) is 4.63. The SMILES string of the molecule is CC(C)CN1C[C@@H](C(=O)Nc2ccc(Nc3ccccc3)cc2)CC1=O. The van der Waals surface area contributed by atoms with E-state index in [9.17, 15) is 9.59 Å². The molecule has 0 radical (unpaired) electrons. The second kappa shape index (κ2) is 8.04. The Morgan fingerprint density at radius 3 is 2.31 bits per heavy atom. The van der Waals surface area contributed by atoms with E-state index in [-0.39, 0.29) is 17.7 Å². The van der Waals surface area contributed by atoms with Gasteiger partial charge in [-0.2, -0.15) is 0 Å². The van der Waals surface area contributed by atoms with E-state index in [4.69, 9.17) is 0 Å². The highest BCUT2D eigenvalue weighted by molar-refractivity contribution is 5.97. The van der Waals surface area contributed by atoms with Crippen LogP contribution in [0, 0.1) is 11.8 Å². The molecule has 1 heterocycles. The van der Waals surface area contributed by atoms with Crippen LogP contribution in [0.15, 0.2) is 54.6 Å². The normalized spacial score (nSPS) is 16.8. The molecule has 3 rings (SSSR count). The maximum absolute atomic E-state index is 12.5. The number of likely N-dealkylation sites (tertiary alicyclic amines) is 1. The van der Waals surface area contributed by atoms with Crippen molar-refractivity contribution < 1.29 is 9.59 Å². The molecule has 2 aromatic carbocycles. The third-order valence-electron chi connectivity index (χ3n) is 4.39. The summed E-state index contributed by atoms with van der Waals surface area (Å²) < 4.78 is 0. The predicted molar refractivity (Wildman–Crippen MR) is 104 cm³/mol. The highest BCUT2D eigenvalue weighted by atomic mass is 16.2. The number of hydrogen-bond acceptors (Lipinski definition) is 3. The van der Waals surface area contributed by atoms with Gasteiger partial charge in [-0.05, 0) is 42.3 Å². The Labute approximate surface area is 154 Å². The summed E-state index contributed by atoms with van der Waals surface area (Å²) in [6.45, 7) is 5.37. The molecule has 0 bridgehead atoms. The van der Waals surface area contributed by atoms with Gasteiger partial charge in [-0.3, -0.25) is 9.59 Å². The molecule has 1 aliphatic rings. The summed E-state index contributed by atoms with van der Waals surface area (Å²) >= 11 is 0. The molecule has 26 heavy (non-hydrogen) atoms. The first kappa shape index (κ1) is 18.0. The van der Waals surface area contributed by atoms with E-state index in [1.807, 2.05) is 54.6 Å². The number of amides is 2. The molecule has 2 N–H and O–H groups in total. The molecule has 5 nitrogen and oxygen atoms in total. The lowest BCUT2D eigenvalue weighted by Crippen LogP contribution is -2.31. The maximum atomic E-state index is 12.5. The van der Waals surface area contributed by atoms with Gasteiger partial charge in [0.2, 0.25) is 11.8 Å². The predicted octanol–water partition coefficient (Wildman–Crippen LogP) is 3.87. The third-order valence-corrected chi connectivity index (χ3v) is 4.39. The Balaban J connectivity index is 1.56. The minimum atomic E-state index is -0.275. The first-order valence-electron chi connectivity index (χ1n) is 9.02. The van der Waals surface area contributed by atoms with E-state index in [2.05, 4.69) is 24.5 Å². The van der Waals surface area contributed by atoms with Gasteiger partial charge in [0.1, 0.15) is 0 Å². The van der Waals surface area contributed by atoms with Crippen LogP contribution in [0.1, 0.15) is 20.3 Å². The summed E-state index contributed by atoms with van der Waals surface area (Å²) in [6, 6.07) is 17.5. The summed E-state index contributed by atoms with van der Waals surface area (Å²) in [5.74, 6) is 0.114. The van der Waals surface area contributed by atoms with Crippen molar-refractivity contribution in [2.45, 2.75) is 20.3 Å². The second-order valence-corrected chi connectivity index (χ2v) is 7.15. The van der Waals surface area contributed by atoms with Crippen LogP contribution in [0.4, 0.5) is 17.1 Å². The van der Waals surface area contributed by atoms with Gasteiger partial charge < -0.3 is 15.5 Å². The Hall–Kier alpha value is -2.82. The smallest absolute Gasteiger partial charge is 0.229 e. The first-order chi connectivity index (χ1) is 12.5. The van der Waals surface area contributed by atoms with E-state index in [1.54, 1.807) is 4.90 Å². The van der Waals surface area contributed by atoms with Gasteiger partial charge in [-0.1, -0.05) is 32.0 Å². The lowest BCUT2D eigenvalue weighted by Gasteiger charge is -2.18. The molecule has 1 atom stereocenters. The summed E-state index contributed by atoms with van der Waals surface area (Å²) in [6.07, 6.45) is 0.298. The van der Waals surface area contributed by atoms with Crippen molar-refractivity contribution in [2.24, 2.45) is 11.8 Å². The number of rotatable bonds is 6. The van der Waals surface area contributed by atoms with Gasteiger partial charge in [0, 0.05) is 36.6 Å². The van der Waals surface area contributed by atoms with Gasteiger partial charge in [0.05, 0.1) is 5.92 Å². The van der Waals surface area contributed by atoms with Crippen molar-refractivity contribution in [2.75, 3.05) is 23.7 Å². The van der Waals surface area contributed by atoms with Crippen LogP contribution < -0.4 is 10.6 Å². The molecule has 2 aromatic rings. The molecule has 0 aromatic heterocycles. The van der Waals surface area contributed by atoms with E-state index >= 15 is 0 Å². The molecule has 0 aliphatic carbocycles. The molecule has 1 aliphatic heterocycles. The number of carbonyl (C=O) groups is 2. The van der Waals surface area contributed by atoms with Crippen LogP contribution in [-0.4, -0.2) is 29.8 Å². The maximum Gasteiger partial charge on any atom is 0.229 e. The lowest BCUT2D eigenvalue weighted by molar-refractivity contribution is -0.128. The molecule has 0 spiro atoms. The molecular formula is C21H25N3O2.